The third-order valence-corrected chi connectivity index (χ3v) is 5.28. The molecule has 23 heavy (non-hydrogen) atoms. The Kier molecular flexibility index (Phi) is 3.89. The van der Waals surface area contributed by atoms with Gasteiger partial charge in [0.15, 0.2) is 17.4 Å². The van der Waals surface area contributed by atoms with Crippen LogP contribution in [0.2, 0.25) is 0 Å². The maximum atomic E-state index is 4.48. The molecule has 1 aliphatic carbocycles. The molecule has 2 aromatic rings. The summed E-state index contributed by atoms with van der Waals surface area (Å²) in [5, 5.41) is 11.9. The molecule has 1 saturated heterocycles. The van der Waals surface area contributed by atoms with Gasteiger partial charge in [0.1, 0.15) is 0 Å². The molecule has 0 spiro atoms. The molecule has 2 atom stereocenters. The highest BCUT2D eigenvalue weighted by Crippen LogP contribution is 2.35. The second-order valence-corrected chi connectivity index (χ2v) is 6.66. The van der Waals surface area contributed by atoms with Crippen LogP contribution >= 0.6 is 0 Å². The molecule has 6 nitrogen and oxygen atoms in total. The van der Waals surface area contributed by atoms with Crippen molar-refractivity contribution in [1.29, 1.82) is 0 Å². The summed E-state index contributed by atoms with van der Waals surface area (Å²) in [7, 11) is 1.87. The molecule has 2 aromatic heterocycles. The number of likely N-dealkylation sites (tertiary alicyclic amines) is 1. The van der Waals surface area contributed by atoms with Crippen LogP contribution in [0, 0.1) is 11.8 Å². The number of aliphatic imine (C=N–C) groups is 1. The van der Waals surface area contributed by atoms with E-state index in [0.717, 1.165) is 42.4 Å². The Morgan fingerprint density at radius 1 is 1.22 bits per heavy atom. The van der Waals surface area contributed by atoms with Crippen molar-refractivity contribution in [2.75, 3.05) is 20.1 Å². The number of hydrogen-bond donors (Lipinski definition) is 1. The summed E-state index contributed by atoms with van der Waals surface area (Å²) in [6.07, 6.45) is 7.55. The summed E-state index contributed by atoms with van der Waals surface area (Å²) in [5.74, 6) is 3.62. The molecule has 6 heteroatoms. The van der Waals surface area contributed by atoms with Crippen LogP contribution in [0.25, 0.3) is 5.65 Å². The summed E-state index contributed by atoms with van der Waals surface area (Å²) in [5.41, 5.74) is 0.881. The minimum atomic E-state index is 0.643. The number of aromatic nitrogens is 3. The predicted octanol–water partition coefficient (Wildman–Crippen LogP) is 1.93. The zero-order chi connectivity index (χ0) is 15.6. The molecule has 2 unspecified atom stereocenters. The third-order valence-electron chi connectivity index (χ3n) is 5.28. The monoisotopic (exact) mass is 312 g/mol. The fourth-order valence-electron chi connectivity index (χ4n) is 4.08. The van der Waals surface area contributed by atoms with E-state index in [0.29, 0.717) is 6.54 Å². The Morgan fingerprint density at radius 3 is 2.74 bits per heavy atom. The second kappa shape index (κ2) is 6.18. The van der Waals surface area contributed by atoms with Gasteiger partial charge in [-0.25, -0.2) is 0 Å². The number of nitrogens with one attached hydrogen (secondary N) is 1. The Morgan fingerprint density at radius 2 is 2.00 bits per heavy atom. The molecule has 0 bridgehead atoms. The molecule has 2 fully saturated rings. The van der Waals surface area contributed by atoms with Crippen LogP contribution in [0.15, 0.2) is 29.4 Å². The van der Waals surface area contributed by atoms with Crippen molar-refractivity contribution in [3.8, 4) is 0 Å². The van der Waals surface area contributed by atoms with E-state index < -0.39 is 0 Å². The largest absolute Gasteiger partial charge is 0.349 e. The Bertz CT molecular complexity index is 692. The van der Waals surface area contributed by atoms with E-state index >= 15 is 0 Å². The van der Waals surface area contributed by atoms with Crippen molar-refractivity contribution < 1.29 is 0 Å². The lowest BCUT2D eigenvalue weighted by Crippen LogP contribution is -2.40. The maximum absolute atomic E-state index is 4.48. The lowest BCUT2D eigenvalue weighted by atomic mass is 9.82. The van der Waals surface area contributed by atoms with Gasteiger partial charge in [-0.1, -0.05) is 18.9 Å². The van der Waals surface area contributed by atoms with Crippen molar-refractivity contribution >= 4 is 11.6 Å². The van der Waals surface area contributed by atoms with Crippen molar-refractivity contribution in [3.63, 3.8) is 0 Å². The standard InChI is InChI=1S/C17H24N6/c1-18-17(22-11-13-6-2-3-7-14(13)12-22)19-10-16-21-20-15-8-4-5-9-23(15)16/h4-5,8-9,13-14H,2-3,6-7,10-12H2,1H3,(H,18,19). The molecular weight excluding hydrogens is 288 g/mol. The van der Waals surface area contributed by atoms with Crippen molar-refractivity contribution in [1.82, 2.24) is 24.8 Å². The first kappa shape index (κ1) is 14.5. The molecule has 4 rings (SSSR count). The number of nitrogens with zero attached hydrogens (tertiary/aromatic N) is 5. The van der Waals surface area contributed by atoms with E-state index in [2.05, 4.69) is 25.4 Å². The molecule has 122 valence electrons. The van der Waals surface area contributed by atoms with Crippen LogP contribution in [-0.2, 0) is 6.54 Å². The summed E-state index contributed by atoms with van der Waals surface area (Å²) >= 11 is 0. The third kappa shape index (κ3) is 2.78. The van der Waals surface area contributed by atoms with E-state index in [1.807, 2.05) is 35.8 Å². The number of pyridine rings is 1. The highest BCUT2D eigenvalue weighted by atomic mass is 15.3. The van der Waals surface area contributed by atoms with E-state index in [1.165, 1.54) is 25.7 Å². The molecule has 0 amide bonds. The number of rotatable bonds is 2. The zero-order valence-electron chi connectivity index (χ0n) is 13.6. The highest BCUT2D eigenvalue weighted by Gasteiger charge is 2.35. The fourth-order valence-corrected chi connectivity index (χ4v) is 4.08. The van der Waals surface area contributed by atoms with Gasteiger partial charge in [0.25, 0.3) is 0 Å². The average molecular weight is 312 g/mol. The van der Waals surface area contributed by atoms with Gasteiger partial charge < -0.3 is 10.2 Å². The summed E-state index contributed by atoms with van der Waals surface area (Å²) < 4.78 is 2.02. The van der Waals surface area contributed by atoms with Crippen LogP contribution in [0.5, 0.6) is 0 Å². The van der Waals surface area contributed by atoms with Crippen LogP contribution in [0.1, 0.15) is 31.5 Å². The molecule has 3 heterocycles. The van der Waals surface area contributed by atoms with Crippen LogP contribution < -0.4 is 5.32 Å². The van der Waals surface area contributed by atoms with Gasteiger partial charge in [-0.3, -0.25) is 9.39 Å². The smallest absolute Gasteiger partial charge is 0.194 e. The van der Waals surface area contributed by atoms with E-state index in [-0.39, 0.29) is 0 Å². The number of guanidine groups is 1. The molecular formula is C17H24N6. The fraction of sp³-hybridized carbons (Fsp3) is 0.588. The van der Waals surface area contributed by atoms with Gasteiger partial charge in [0.2, 0.25) is 0 Å². The number of hydrogen-bond acceptors (Lipinski definition) is 3. The Balaban J connectivity index is 1.43. The van der Waals surface area contributed by atoms with E-state index in [9.17, 15) is 0 Å². The van der Waals surface area contributed by atoms with Crippen molar-refractivity contribution in [2.45, 2.75) is 32.2 Å². The summed E-state index contributed by atoms with van der Waals surface area (Å²) in [6.45, 7) is 2.93. The summed E-state index contributed by atoms with van der Waals surface area (Å²) in [4.78, 5) is 6.90. The lowest BCUT2D eigenvalue weighted by molar-refractivity contribution is 0.299. The number of fused-ring (bicyclic) bond motifs is 2. The van der Waals surface area contributed by atoms with Crippen molar-refractivity contribution in [3.05, 3.63) is 30.2 Å². The first-order chi connectivity index (χ1) is 11.3. The predicted molar refractivity (Wildman–Crippen MR) is 90.2 cm³/mol. The average Bonchev–Trinajstić information content (AvgIpc) is 3.19. The van der Waals surface area contributed by atoms with E-state index in [4.69, 9.17) is 0 Å². The van der Waals surface area contributed by atoms with Gasteiger partial charge in [-0.2, -0.15) is 0 Å². The van der Waals surface area contributed by atoms with Crippen molar-refractivity contribution in [2.24, 2.45) is 16.8 Å². The maximum Gasteiger partial charge on any atom is 0.194 e. The minimum absolute atomic E-state index is 0.643. The second-order valence-electron chi connectivity index (χ2n) is 6.66. The molecule has 0 radical (unpaired) electrons. The lowest BCUT2D eigenvalue weighted by Gasteiger charge is -2.22. The van der Waals surface area contributed by atoms with Gasteiger partial charge >= 0.3 is 0 Å². The highest BCUT2D eigenvalue weighted by molar-refractivity contribution is 5.80. The van der Waals surface area contributed by atoms with Gasteiger partial charge in [0.05, 0.1) is 6.54 Å². The molecule has 1 aliphatic heterocycles. The van der Waals surface area contributed by atoms with E-state index in [1.54, 1.807) is 0 Å². The molecule has 2 aliphatic rings. The Hall–Kier alpha value is -2.11. The van der Waals surface area contributed by atoms with Crippen LogP contribution in [0.4, 0.5) is 0 Å². The minimum Gasteiger partial charge on any atom is -0.349 e. The zero-order valence-corrected chi connectivity index (χ0v) is 13.6. The SMILES string of the molecule is CN=C(NCc1nnc2ccccn12)N1CC2CCCCC2C1. The molecule has 1 N–H and O–H groups in total. The first-order valence-electron chi connectivity index (χ1n) is 8.59. The quantitative estimate of drug-likeness (QED) is 0.680. The van der Waals surface area contributed by atoms with Crippen LogP contribution in [0.3, 0.4) is 0 Å². The van der Waals surface area contributed by atoms with Crippen LogP contribution in [-0.4, -0.2) is 45.6 Å². The topological polar surface area (TPSA) is 57.8 Å². The summed E-state index contributed by atoms with van der Waals surface area (Å²) in [6, 6.07) is 5.95. The van der Waals surface area contributed by atoms with Gasteiger partial charge in [-0.15, -0.1) is 10.2 Å². The van der Waals surface area contributed by atoms with Gasteiger partial charge in [0, 0.05) is 26.3 Å². The molecule has 1 saturated carbocycles. The normalized spacial score (nSPS) is 24.9. The Labute approximate surface area is 136 Å². The van der Waals surface area contributed by atoms with Gasteiger partial charge in [-0.05, 0) is 36.8 Å². The first-order valence-corrected chi connectivity index (χ1v) is 8.59. The molecule has 0 aromatic carbocycles.